The molecule has 0 spiro atoms. The van der Waals surface area contributed by atoms with Crippen molar-refractivity contribution in [3.8, 4) is 5.75 Å². The number of imidazole rings is 1. The molecule has 0 atom stereocenters. The smallest absolute Gasteiger partial charge is 0.344 e. The SMILES string of the molecule is COCCc1nc2c(N)nc3ccccc3c2n1CCOCCN(Cc1cccc(OCC(=O)OC(C)C)c1)C(=O)NCCN1CCCCC1. The minimum atomic E-state index is -0.430. The molecule has 13 heteroatoms. The van der Waals surface area contributed by atoms with Gasteiger partial charge in [0.15, 0.2) is 12.4 Å². The van der Waals surface area contributed by atoms with Gasteiger partial charge in [-0.2, -0.15) is 0 Å². The van der Waals surface area contributed by atoms with Crippen molar-refractivity contribution in [2.24, 2.45) is 0 Å². The number of rotatable bonds is 18. The van der Waals surface area contributed by atoms with E-state index in [0.717, 1.165) is 47.4 Å². The number of aromatic nitrogens is 3. The van der Waals surface area contributed by atoms with Crippen LogP contribution in [0.15, 0.2) is 48.5 Å². The van der Waals surface area contributed by atoms with E-state index in [2.05, 4.69) is 19.8 Å². The number of nitrogens with two attached hydrogens (primary N) is 1. The molecule has 1 aliphatic heterocycles. The van der Waals surface area contributed by atoms with E-state index < -0.39 is 5.97 Å². The largest absolute Gasteiger partial charge is 0.482 e. The molecular weight excluding hydrogens is 638 g/mol. The van der Waals surface area contributed by atoms with E-state index in [9.17, 15) is 9.59 Å². The number of hydrogen-bond donors (Lipinski definition) is 2. The first-order valence-electron chi connectivity index (χ1n) is 17.6. The lowest BCUT2D eigenvalue weighted by atomic mass is 10.1. The summed E-state index contributed by atoms with van der Waals surface area (Å²) in [6, 6.07) is 15.2. The number of carbonyl (C=O) groups is 2. The highest BCUT2D eigenvalue weighted by Crippen LogP contribution is 2.29. The predicted octanol–water partition coefficient (Wildman–Crippen LogP) is 4.40. The highest BCUT2D eigenvalue weighted by Gasteiger charge is 2.19. The van der Waals surface area contributed by atoms with Gasteiger partial charge in [0.25, 0.3) is 0 Å². The van der Waals surface area contributed by atoms with Crippen LogP contribution in [0.3, 0.4) is 0 Å². The van der Waals surface area contributed by atoms with Crippen LogP contribution in [0.1, 0.15) is 44.5 Å². The van der Waals surface area contributed by atoms with Gasteiger partial charge in [-0.25, -0.2) is 19.6 Å². The number of fused-ring (bicyclic) bond motifs is 3. The second kappa shape index (κ2) is 18.5. The molecule has 0 saturated carbocycles. The minimum Gasteiger partial charge on any atom is -0.482 e. The van der Waals surface area contributed by atoms with Gasteiger partial charge in [0.05, 0.1) is 37.0 Å². The zero-order chi connectivity index (χ0) is 35.3. The number of ether oxygens (including phenoxy) is 4. The summed E-state index contributed by atoms with van der Waals surface area (Å²) >= 11 is 0. The molecule has 270 valence electrons. The fourth-order valence-electron chi connectivity index (χ4n) is 6.22. The summed E-state index contributed by atoms with van der Waals surface area (Å²) in [5, 5.41) is 4.09. The number of nitrogen functional groups attached to an aromatic ring is 1. The van der Waals surface area contributed by atoms with Crippen molar-refractivity contribution in [2.45, 2.75) is 58.7 Å². The van der Waals surface area contributed by atoms with Gasteiger partial charge in [0, 0.05) is 51.6 Å². The molecule has 1 fully saturated rings. The predicted molar refractivity (Wildman–Crippen MR) is 193 cm³/mol. The van der Waals surface area contributed by atoms with Gasteiger partial charge in [0.1, 0.15) is 17.1 Å². The van der Waals surface area contributed by atoms with Crippen LogP contribution in [0.4, 0.5) is 10.6 Å². The van der Waals surface area contributed by atoms with Crippen molar-refractivity contribution < 1.29 is 28.5 Å². The average molecular weight is 690 g/mol. The number of hydrogen-bond acceptors (Lipinski definition) is 10. The Kier molecular flexibility index (Phi) is 13.6. The molecule has 50 heavy (non-hydrogen) atoms. The third kappa shape index (κ3) is 10.3. The Morgan fingerprint density at radius 2 is 1.82 bits per heavy atom. The van der Waals surface area contributed by atoms with Crippen molar-refractivity contribution in [2.75, 3.05) is 72.0 Å². The minimum absolute atomic E-state index is 0.158. The number of carbonyl (C=O) groups excluding carboxylic acids is 2. The number of urea groups is 1. The Morgan fingerprint density at radius 3 is 2.62 bits per heavy atom. The van der Waals surface area contributed by atoms with Crippen LogP contribution in [-0.2, 0) is 38.5 Å². The number of benzene rings is 2. The second-order valence-electron chi connectivity index (χ2n) is 12.8. The first kappa shape index (κ1) is 36.8. The van der Waals surface area contributed by atoms with Crippen molar-refractivity contribution in [3.63, 3.8) is 0 Å². The molecule has 0 unspecified atom stereocenters. The number of likely N-dealkylation sites (tertiary alicyclic amines) is 1. The van der Waals surface area contributed by atoms with Crippen LogP contribution in [0.5, 0.6) is 5.75 Å². The quantitative estimate of drug-likeness (QED) is 0.114. The maximum atomic E-state index is 13.5. The molecule has 5 rings (SSSR count). The number of anilines is 1. The fraction of sp³-hybridized carbons (Fsp3) is 0.514. The molecule has 0 radical (unpaired) electrons. The maximum absolute atomic E-state index is 13.5. The number of para-hydroxylation sites is 1. The van der Waals surface area contributed by atoms with Crippen LogP contribution in [0, 0.1) is 0 Å². The van der Waals surface area contributed by atoms with Crippen LogP contribution < -0.4 is 15.8 Å². The lowest BCUT2D eigenvalue weighted by molar-refractivity contribution is -0.149. The van der Waals surface area contributed by atoms with Gasteiger partial charge in [0.2, 0.25) is 0 Å². The van der Waals surface area contributed by atoms with Gasteiger partial charge in [-0.3, -0.25) is 0 Å². The Morgan fingerprint density at radius 1 is 1.00 bits per heavy atom. The summed E-state index contributed by atoms with van der Waals surface area (Å²) in [4.78, 5) is 39.0. The van der Waals surface area contributed by atoms with Gasteiger partial charge in [-0.1, -0.05) is 36.8 Å². The zero-order valence-corrected chi connectivity index (χ0v) is 29.6. The number of amides is 2. The van der Waals surface area contributed by atoms with Crippen LogP contribution in [-0.4, -0.2) is 109 Å². The summed E-state index contributed by atoms with van der Waals surface area (Å²) in [7, 11) is 1.67. The van der Waals surface area contributed by atoms with E-state index in [1.807, 2.05) is 42.5 Å². The molecule has 3 heterocycles. The number of nitrogens with one attached hydrogen (secondary N) is 1. The summed E-state index contributed by atoms with van der Waals surface area (Å²) in [5.74, 6) is 1.35. The van der Waals surface area contributed by atoms with Gasteiger partial charge >= 0.3 is 12.0 Å². The van der Waals surface area contributed by atoms with E-state index in [0.29, 0.717) is 69.5 Å². The molecule has 4 aromatic rings. The van der Waals surface area contributed by atoms with Crippen molar-refractivity contribution >= 4 is 39.8 Å². The van der Waals surface area contributed by atoms with Gasteiger partial charge < -0.3 is 44.4 Å². The molecular formula is C37H51N7O6. The number of nitrogens with zero attached hydrogens (tertiary/aromatic N) is 5. The zero-order valence-electron chi connectivity index (χ0n) is 29.6. The van der Waals surface area contributed by atoms with Crippen LogP contribution >= 0.6 is 0 Å². The number of pyridine rings is 1. The summed E-state index contributed by atoms with van der Waals surface area (Å²) in [6.07, 6.45) is 4.08. The fourth-order valence-corrected chi connectivity index (χ4v) is 6.22. The monoisotopic (exact) mass is 689 g/mol. The van der Waals surface area contributed by atoms with Gasteiger partial charge in [-0.05, 0) is 63.5 Å². The Balaban J connectivity index is 1.23. The highest BCUT2D eigenvalue weighted by atomic mass is 16.6. The first-order chi connectivity index (χ1) is 24.3. The molecule has 2 aromatic carbocycles. The average Bonchev–Trinajstić information content (AvgIpc) is 3.48. The molecule has 0 aliphatic carbocycles. The lowest BCUT2D eigenvalue weighted by Crippen LogP contribution is -2.44. The second-order valence-corrected chi connectivity index (χ2v) is 12.8. The molecule has 0 bridgehead atoms. The van der Waals surface area contributed by atoms with E-state index in [1.165, 1.54) is 19.3 Å². The standard InChI is InChI=1S/C37H51N7O6/c1-27(2)50-33(45)26-49-29-11-9-10-28(24-29)25-43(37(46)39-15-18-42-16-7-4-8-17-42)19-22-48-23-20-44-32(14-21-47-3)41-34-35(44)30-12-5-6-13-31(30)40-36(34)38/h5-6,9-13,24,27H,4,7-8,14-23,25-26H2,1-3H3,(H2,38,40)(H,39,46). The van der Waals surface area contributed by atoms with Crippen LogP contribution in [0.25, 0.3) is 21.9 Å². The topological polar surface area (TPSA) is 146 Å². The summed E-state index contributed by atoms with van der Waals surface area (Å²) in [5.41, 5.74) is 9.63. The third-order valence-corrected chi connectivity index (χ3v) is 8.62. The Hall–Kier alpha value is -4.46. The highest BCUT2D eigenvalue weighted by molar-refractivity contribution is 6.06. The van der Waals surface area contributed by atoms with E-state index >= 15 is 0 Å². The lowest BCUT2D eigenvalue weighted by Gasteiger charge is -2.28. The van der Waals surface area contributed by atoms with Crippen LogP contribution in [0.2, 0.25) is 0 Å². The molecule has 13 nitrogen and oxygen atoms in total. The molecule has 1 saturated heterocycles. The van der Waals surface area contributed by atoms with E-state index in [4.69, 9.17) is 29.7 Å². The third-order valence-electron chi connectivity index (χ3n) is 8.62. The number of methoxy groups -OCH3 is 1. The first-order valence-corrected chi connectivity index (χ1v) is 17.6. The Bertz CT molecular complexity index is 1700. The van der Waals surface area contributed by atoms with Gasteiger partial charge in [-0.15, -0.1) is 0 Å². The molecule has 2 aromatic heterocycles. The molecule has 3 N–H and O–H groups in total. The van der Waals surface area contributed by atoms with Crippen molar-refractivity contribution in [3.05, 3.63) is 59.9 Å². The number of esters is 1. The van der Waals surface area contributed by atoms with E-state index in [1.54, 1.807) is 31.9 Å². The van der Waals surface area contributed by atoms with Crippen molar-refractivity contribution in [1.82, 2.24) is 29.7 Å². The van der Waals surface area contributed by atoms with E-state index in [-0.39, 0.29) is 18.7 Å². The molecule has 2 amide bonds. The number of piperidine rings is 1. The summed E-state index contributed by atoms with van der Waals surface area (Å²) < 4.78 is 24.5. The van der Waals surface area contributed by atoms with Crippen molar-refractivity contribution in [1.29, 1.82) is 0 Å². The molecule has 1 aliphatic rings. The normalized spacial score (nSPS) is 13.6. The Labute approximate surface area is 294 Å². The summed E-state index contributed by atoms with van der Waals surface area (Å²) in [6.45, 7) is 9.47. The maximum Gasteiger partial charge on any atom is 0.344 e.